The largest absolute Gasteiger partial charge is 0.462 e. The molecule has 1 aromatic carbocycles. The lowest BCUT2D eigenvalue weighted by Crippen LogP contribution is -2.35. The number of hydrogen-bond acceptors (Lipinski definition) is 3. The van der Waals surface area contributed by atoms with E-state index in [4.69, 9.17) is 17.0 Å². The van der Waals surface area contributed by atoms with E-state index in [1.165, 1.54) is 0 Å². The van der Waals surface area contributed by atoms with Crippen LogP contribution in [0, 0.1) is 6.92 Å². The van der Waals surface area contributed by atoms with E-state index in [9.17, 15) is 4.79 Å². The van der Waals surface area contributed by atoms with Gasteiger partial charge in [0.05, 0.1) is 12.2 Å². The maximum absolute atomic E-state index is 11.8. The number of thiocarbonyl (C=S) groups is 1. The monoisotopic (exact) mass is 294 g/mol. The van der Waals surface area contributed by atoms with Gasteiger partial charge < -0.3 is 15.4 Å². The number of anilines is 1. The molecule has 1 aromatic rings. The number of carbonyl (C=O) groups excluding carboxylic acids is 1. The van der Waals surface area contributed by atoms with Gasteiger partial charge in [-0.2, -0.15) is 0 Å². The predicted molar refractivity (Wildman–Crippen MR) is 86.2 cm³/mol. The van der Waals surface area contributed by atoms with Gasteiger partial charge in [-0.05, 0) is 57.1 Å². The highest BCUT2D eigenvalue weighted by Gasteiger charge is 2.13. The molecule has 110 valence electrons. The fourth-order valence-corrected chi connectivity index (χ4v) is 2.00. The summed E-state index contributed by atoms with van der Waals surface area (Å²) in [5.41, 5.74) is 2.21. The molecule has 0 unspecified atom stereocenters. The molecule has 2 N–H and O–H groups in total. The molecule has 0 fully saturated rings. The zero-order valence-electron chi connectivity index (χ0n) is 12.4. The van der Waals surface area contributed by atoms with E-state index in [-0.39, 0.29) is 5.97 Å². The first-order chi connectivity index (χ1) is 9.49. The fraction of sp³-hybridized carbons (Fsp3) is 0.467. The first-order valence-electron chi connectivity index (χ1n) is 6.83. The molecule has 0 aliphatic rings. The maximum Gasteiger partial charge on any atom is 0.338 e. The second kappa shape index (κ2) is 7.85. The van der Waals surface area contributed by atoms with Crippen molar-refractivity contribution in [1.29, 1.82) is 0 Å². The van der Waals surface area contributed by atoms with Crippen LogP contribution < -0.4 is 10.6 Å². The average Bonchev–Trinajstić information content (AvgIpc) is 2.41. The number of esters is 1. The molecule has 4 nitrogen and oxygen atoms in total. The fourth-order valence-electron chi connectivity index (χ4n) is 1.69. The average molecular weight is 294 g/mol. The molecular formula is C15H22N2O2S. The van der Waals surface area contributed by atoms with Crippen LogP contribution in [0.25, 0.3) is 0 Å². The number of ether oxygens (including phenoxy) is 1. The first kappa shape index (κ1) is 16.4. The Bertz CT molecular complexity index is 489. The van der Waals surface area contributed by atoms with Gasteiger partial charge in [-0.25, -0.2) is 4.79 Å². The van der Waals surface area contributed by atoms with Crippen LogP contribution in [0.3, 0.4) is 0 Å². The van der Waals surface area contributed by atoms with Crippen molar-refractivity contribution in [3.05, 3.63) is 29.3 Å². The van der Waals surface area contributed by atoms with Crippen LogP contribution in [0.5, 0.6) is 0 Å². The number of hydrogen-bond donors (Lipinski definition) is 2. The second-order valence-corrected chi connectivity index (χ2v) is 5.01. The summed E-state index contributed by atoms with van der Waals surface area (Å²) in [6.07, 6.45) is 0.990. The molecule has 0 spiro atoms. The third-order valence-corrected chi connectivity index (χ3v) is 3.29. The van der Waals surface area contributed by atoms with Crippen LogP contribution >= 0.6 is 12.2 Å². The summed E-state index contributed by atoms with van der Waals surface area (Å²) in [7, 11) is 0. The van der Waals surface area contributed by atoms with Crippen LogP contribution in [-0.2, 0) is 4.74 Å². The molecule has 0 saturated carbocycles. The highest BCUT2D eigenvalue weighted by molar-refractivity contribution is 7.80. The molecule has 0 heterocycles. The first-order valence-corrected chi connectivity index (χ1v) is 7.24. The molecule has 5 heteroatoms. The summed E-state index contributed by atoms with van der Waals surface area (Å²) >= 11 is 5.26. The molecule has 0 saturated heterocycles. The molecule has 20 heavy (non-hydrogen) atoms. The molecule has 1 atom stereocenters. The van der Waals surface area contributed by atoms with Crippen LogP contribution in [0.2, 0.25) is 0 Å². The Morgan fingerprint density at radius 3 is 2.70 bits per heavy atom. The standard InChI is InChI=1S/C15H22N2O2S/c1-5-10(3)16-15(20)17-13-9-7-8-12(11(13)4)14(18)19-6-2/h7-10H,5-6H2,1-4H3,(H2,16,17,20)/t10-/m1/s1. The SMILES string of the molecule is CCOC(=O)c1cccc(NC(=S)N[C@H](C)CC)c1C. The van der Waals surface area contributed by atoms with Gasteiger partial charge in [0.15, 0.2) is 5.11 Å². The quantitative estimate of drug-likeness (QED) is 0.645. The number of nitrogens with one attached hydrogen (secondary N) is 2. The van der Waals surface area contributed by atoms with Gasteiger partial charge in [0.2, 0.25) is 0 Å². The van der Waals surface area contributed by atoms with E-state index in [0.717, 1.165) is 17.7 Å². The molecule has 1 rings (SSSR count). The lowest BCUT2D eigenvalue weighted by molar-refractivity contribution is 0.0525. The second-order valence-electron chi connectivity index (χ2n) is 4.61. The van der Waals surface area contributed by atoms with Crippen molar-refractivity contribution in [2.45, 2.75) is 40.2 Å². The molecule has 0 aliphatic carbocycles. The van der Waals surface area contributed by atoms with E-state index < -0.39 is 0 Å². The molecule has 0 radical (unpaired) electrons. The Kier molecular flexibility index (Phi) is 6.45. The van der Waals surface area contributed by atoms with Crippen molar-refractivity contribution in [1.82, 2.24) is 5.32 Å². The Labute approximate surface area is 125 Å². The summed E-state index contributed by atoms with van der Waals surface area (Å²) in [4.78, 5) is 11.8. The molecule has 0 aliphatic heterocycles. The molecule has 0 bridgehead atoms. The van der Waals surface area contributed by atoms with Crippen molar-refractivity contribution in [3.63, 3.8) is 0 Å². The topological polar surface area (TPSA) is 50.4 Å². The Hall–Kier alpha value is -1.62. The van der Waals surface area contributed by atoms with E-state index >= 15 is 0 Å². The van der Waals surface area contributed by atoms with Crippen molar-refractivity contribution >= 4 is 29.0 Å². The predicted octanol–water partition coefficient (Wildman–Crippen LogP) is 3.26. The Morgan fingerprint density at radius 1 is 1.40 bits per heavy atom. The van der Waals surface area contributed by atoms with Crippen LogP contribution in [0.1, 0.15) is 43.1 Å². The minimum Gasteiger partial charge on any atom is -0.462 e. The summed E-state index contributed by atoms with van der Waals surface area (Å²) in [6, 6.07) is 5.77. The smallest absolute Gasteiger partial charge is 0.338 e. The highest BCUT2D eigenvalue weighted by Crippen LogP contribution is 2.19. The van der Waals surface area contributed by atoms with Gasteiger partial charge >= 0.3 is 5.97 Å². The lowest BCUT2D eigenvalue weighted by atomic mass is 10.1. The van der Waals surface area contributed by atoms with Gasteiger partial charge in [0.25, 0.3) is 0 Å². The van der Waals surface area contributed by atoms with Gasteiger partial charge in [-0.3, -0.25) is 0 Å². The Balaban J connectivity index is 2.84. The van der Waals surface area contributed by atoms with E-state index in [0.29, 0.717) is 23.3 Å². The summed E-state index contributed by atoms with van der Waals surface area (Å²) in [5.74, 6) is -0.311. The van der Waals surface area contributed by atoms with E-state index in [1.807, 2.05) is 19.1 Å². The zero-order chi connectivity index (χ0) is 15.1. The van der Waals surface area contributed by atoms with Crippen LogP contribution in [0.4, 0.5) is 5.69 Å². The van der Waals surface area contributed by atoms with Crippen molar-refractivity contribution in [2.75, 3.05) is 11.9 Å². The third-order valence-electron chi connectivity index (χ3n) is 3.07. The van der Waals surface area contributed by atoms with Crippen LogP contribution in [0.15, 0.2) is 18.2 Å². The molecule has 0 aromatic heterocycles. The minimum atomic E-state index is -0.311. The summed E-state index contributed by atoms with van der Waals surface area (Å²) in [6.45, 7) is 8.19. The number of rotatable bonds is 5. The molecular weight excluding hydrogens is 272 g/mol. The summed E-state index contributed by atoms with van der Waals surface area (Å²) in [5, 5.41) is 6.87. The lowest BCUT2D eigenvalue weighted by Gasteiger charge is -2.17. The van der Waals surface area contributed by atoms with Crippen molar-refractivity contribution in [3.8, 4) is 0 Å². The van der Waals surface area contributed by atoms with Crippen molar-refractivity contribution in [2.24, 2.45) is 0 Å². The van der Waals surface area contributed by atoms with Gasteiger partial charge in [-0.1, -0.05) is 13.0 Å². The number of benzene rings is 1. The third kappa shape index (κ3) is 4.49. The summed E-state index contributed by atoms with van der Waals surface area (Å²) < 4.78 is 5.04. The van der Waals surface area contributed by atoms with E-state index in [2.05, 4.69) is 24.5 Å². The van der Waals surface area contributed by atoms with Gasteiger partial charge in [0.1, 0.15) is 0 Å². The molecule has 0 amide bonds. The Morgan fingerprint density at radius 2 is 2.10 bits per heavy atom. The highest BCUT2D eigenvalue weighted by atomic mass is 32.1. The maximum atomic E-state index is 11.8. The van der Waals surface area contributed by atoms with Gasteiger partial charge in [-0.15, -0.1) is 0 Å². The van der Waals surface area contributed by atoms with E-state index in [1.54, 1.807) is 13.0 Å². The van der Waals surface area contributed by atoms with Gasteiger partial charge in [0, 0.05) is 11.7 Å². The zero-order valence-corrected chi connectivity index (χ0v) is 13.3. The normalized spacial score (nSPS) is 11.6. The van der Waals surface area contributed by atoms with Crippen LogP contribution in [-0.4, -0.2) is 23.7 Å². The van der Waals surface area contributed by atoms with Crippen molar-refractivity contribution < 1.29 is 9.53 Å². The minimum absolute atomic E-state index is 0.309. The number of carbonyl (C=O) groups is 1.